The number of nitrogens with zero attached hydrogens (tertiary/aromatic N) is 3. The lowest BCUT2D eigenvalue weighted by molar-refractivity contribution is -0.137. The molecule has 6 N–H and O–H groups in total. The topological polar surface area (TPSA) is 199 Å². The number of nitrogens with one attached hydrogen (secondary N) is 1. The van der Waals surface area contributed by atoms with Crippen molar-refractivity contribution in [2.75, 3.05) is 12.7 Å². The van der Waals surface area contributed by atoms with E-state index in [0.29, 0.717) is 42.6 Å². The zero-order valence-electron chi connectivity index (χ0n) is 16.3. The number of carboxylic acids is 1. The lowest BCUT2D eigenvalue weighted by atomic mass is 10.1. The fourth-order valence-electron chi connectivity index (χ4n) is 2.67. The Labute approximate surface area is 173 Å². The number of hydrogen-bond acceptors (Lipinski definition) is 5. The molecule has 0 bridgehead atoms. The molecular formula is C18H26N5O6P. The van der Waals surface area contributed by atoms with Gasteiger partial charge in [-0.25, -0.2) is 0 Å². The van der Waals surface area contributed by atoms with Crippen LogP contribution in [0.4, 0.5) is 5.69 Å². The van der Waals surface area contributed by atoms with E-state index in [9.17, 15) is 14.2 Å². The van der Waals surface area contributed by atoms with E-state index in [1.165, 1.54) is 6.08 Å². The summed E-state index contributed by atoms with van der Waals surface area (Å²) in [7, 11) is -4.31. The Morgan fingerprint density at radius 2 is 1.83 bits per heavy atom. The van der Waals surface area contributed by atoms with E-state index < -0.39 is 25.8 Å². The minimum absolute atomic E-state index is 0.239. The fourth-order valence-corrected chi connectivity index (χ4v) is 3.46. The molecule has 0 aliphatic carbocycles. The van der Waals surface area contributed by atoms with Gasteiger partial charge in [0.15, 0.2) is 0 Å². The predicted octanol–water partition coefficient (Wildman–Crippen LogP) is 2.82. The van der Waals surface area contributed by atoms with Gasteiger partial charge in [-0.1, -0.05) is 41.7 Å². The Morgan fingerprint density at radius 1 is 1.20 bits per heavy atom. The molecule has 0 aliphatic rings. The van der Waals surface area contributed by atoms with Crippen molar-refractivity contribution in [3.63, 3.8) is 0 Å². The van der Waals surface area contributed by atoms with Crippen LogP contribution in [0.1, 0.15) is 42.5 Å². The van der Waals surface area contributed by atoms with E-state index in [1.807, 2.05) is 0 Å². The number of carbonyl (C=O) groups is 2. The standard InChI is InChI=1S/C18H26N5O6P/c19-16(18(25)26)11-13(12-30(27,28)29)5-3-1-2-4-10-21-17(24)14-6-8-15(9-7-14)22-23-20/h6-9,11,16H,1-5,10,12,19H2,(H,21,24)(H,25,26)(H2,27,28,29)/b13-11+. The first kappa shape index (κ1) is 25.4. The highest BCUT2D eigenvalue weighted by atomic mass is 31.2. The highest BCUT2D eigenvalue weighted by Crippen LogP contribution is 2.38. The van der Waals surface area contributed by atoms with Gasteiger partial charge in [0.25, 0.3) is 5.91 Å². The van der Waals surface area contributed by atoms with Crippen molar-refractivity contribution in [3.8, 4) is 0 Å². The molecule has 0 aromatic heterocycles. The Morgan fingerprint density at radius 3 is 2.40 bits per heavy atom. The third-order valence-electron chi connectivity index (χ3n) is 4.11. The third-order valence-corrected chi connectivity index (χ3v) is 4.93. The molecule has 30 heavy (non-hydrogen) atoms. The molecule has 11 nitrogen and oxygen atoms in total. The van der Waals surface area contributed by atoms with E-state index >= 15 is 0 Å². The van der Waals surface area contributed by atoms with Crippen molar-refractivity contribution in [1.29, 1.82) is 0 Å². The van der Waals surface area contributed by atoms with Gasteiger partial charge in [0.1, 0.15) is 6.04 Å². The molecule has 12 heteroatoms. The second-order valence-electron chi connectivity index (χ2n) is 6.67. The summed E-state index contributed by atoms with van der Waals surface area (Å²) in [4.78, 5) is 43.8. The Bertz CT molecular complexity index is 845. The van der Waals surface area contributed by atoms with E-state index in [1.54, 1.807) is 24.3 Å². The molecule has 0 fully saturated rings. The highest BCUT2D eigenvalue weighted by molar-refractivity contribution is 7.52. The van der Waals surface area contributed by atoms with Crippen molar-refractivity contribution in [3.05, 3.63) is 51.9 Å². The number of unbranched alkanes of at least 4 members (excludes halogenated alkanes) is 3. The van der Waals surface area contributed by atoms with Crippen LogP contribution in [0.25, 0.3) is 10.4 Å². The molecule has 0 radical (unpaired) electrons. The van der Waals surface area contributed by atoms with Crippen LogP contribution in [0.15, 0.2) is 41.0 Å². The van der Waals surface area contributed by atoms with Crippen LogP contribution in [-0.4, -0.2) is 45.5 Å². The molecule has 0 saturated heterocycles. The largest absolute Gasteiger partial charge is 0.480 e. The maximum Gasteiger partial charge on any atom is 0.329 e. The minimum Gasteiger partial charge on any atom is -0.480 e. The molecule has 1 aromatic rings. The van der Waals surface area contributed by atoms with Gasteiger partial charge in [0.2, 0.25) is 0 Å². The van der Waals surface area contributed by atoms with Crippen molar-refractivity contribution >= 4 is 25.2 Å². The summed E-state index contributed by atoms with van der Waals surface area (Å²) in [5.74, 6) is -1.50. The number of allylic oxidation sites excluding steroid dienone is 1. The molecule has 1 aromatic carbocycles. The lowest BCUT2D eigenvalue weighted by Crippen LogP contribution is -2.28. The molecule has 1 unspecified atom stereocenters. The van der Waals surface area contributed by atoms with Crippen LogP contribution in [0.5, 0.6) is 0 Å². The number of rotatable bonds is 13. The first-order valence-corrected chi connectivity index (χ1v) is 11.1. The zero-order valence-corrected chi connectivity index (χ0v) is 17.2. The van der Waals surface area contributed by atoms with Crippen molar-refractivity contribution in [2.45, 2.75) is 38.1 Å². The number of amides is 1. The highest BCUT2D eigenvalue weighted by Gasteiger charge is 2.18. The van der Waals surface area contributed by atoms with Gasteiger partial charge in [-0.2, -0.15) is 0 Å². The van der Waals surface area contributed by atoms with Crippen molar-refractivity contribution < 1.29 is 29.0 Å². The SMILES string of the molecule is [N-]=[N+]=Nc1ccc(C(=O)NCCCCCC/C(=C\C(N)C(=O)O)CP(=O)(O)O)cc1. The molecule has 0 heterocycles. The summed E-state index contributed by atoms with van der Waals surface area (Å²) < 4.78 is 11.2. The number of carbonyl (C=O) groups excluding carboxylic acids is 1. The van der Waals surface area contributed by atoms with Crippen molar-refractivity contribution in [1.82, 2.24) is 5.32 Å². The second kappa shape index (κ2) is 12.8. The van der Waals surface area contributed by atoms with Crippen LogP contribution >= 0.6 is 7.60 Å². The monoisotopic (exact) mass is 439 g/mol. The molecule has 1 atom stereocenters. The van der Waals surface area contributed by atoms with Gasteiger partial charge in [-0.15, -0.1) is 0 Å². The first-order valence-electron chi connectivity index (χ1n) is 9.28. The molecule has 0 spiro atoms. The molecule has 1 rings (SSSR count). The van der Waals surface area contributed by atoms with Crippen molar-refractivity contribution in [2.24, 2.45) is 10.8 Å². The average Bonchev–Trinajstić information content (AvgIpc) is 2.66. The number of azide groups is 1. The van der Waals surface area contributed by atoms with Crippen LogP contribution < -0.4 is 11.1 Å². The molecular weight excluding hydrogens is 413 g/mol. The Kier molecular flexibility index (Phi) is 10.8. The first-order chi connectivity index (χ1) is 14.1. The summed E-state index contributed by atoms with van der Waals surface area (Å²) in [5.41, 5.74) is 15.0. The van der Waals surface area contributed by atoms with Crippen LogP contribution in [0.3, 0.4) is 0 Å². The summed E-state index contributed by atoms with van der Waals surface area (Å²) in [6, 6.07) is 4.93. The van der Waals surface area contributed by atoms with E-state index in [2.05, 4.69) is 15.3 Å². The maximum absolute atomic E-state index is 12.0. The van der Waals surface area contributed by atoms with Gasteiger partial charge >= 0.3 is 13.6 Å². The van der Waals surface area contributed by atoms with Crippen LogP contribution in [0.2, 0.25) is 0 Å². The van der Waals surface area contributed by atoms with Gasteiger partial charge in [-0.3, -0.25) is 14.2 Å². The van der Waals surface area contributed by atoms with E-state index in [0.717, 1.165) is 12.8 Å². The number of nitrogens with two attached hydrogens (primary N) is 1. The minimum atomic E-state index is -4.31. The van der Waals surface area contributed by atoms with E-state index in [-0.39, 0.29) is 5.91 Å². The second-order valence-corrected chi connectivity index (χ2v) is 8.31. The summed E-state index contributed by atoms with van der Waals surface area (Å²) in [6.45, 7) is 0.464. The number of carboxylic acid groups (broad SMARTS) is 1. The lowest BCUT2D eigenvalue weighted by Gasteiger charge is -2.11. The van der Waals surface area contributed by atoms with Gasteiger partial charge in [-0.05, 0) is 36.9 Å². The fraction of sp³-hybridized carbons (Fsp3) is 0.444. The molecule has 0 saturated carbocycles. The number of hydrogen-bond donors (Lipinski definition) is 5. The molecule has 164 valence electrons. The van der Waals surface area contributed by atoms with E-state index in [4.69, 9.17) is 26.2 Å². The number of benzene rings is 1. The summed E-state index contributed by atoms with van der Waals surface area (Å²) >= 11 is 0. The molecule has 0 aliphatic heterocycles. The predicted molar refractivity (Wildman–Crippen MR) is 111 cm³/mol. The van der Waals surface area contributed by atoms with Crippen LogP contribution in [0, 0.1) is 0 Å². The quantitative estimate of drug-likeness (QED) is 0.0776. The van der Waals surface area contributed by atoms with Gasteiger partial charge in [0, 0.05) is 22.7 Å². The number of aliphatic carboxylic acids is 1. The summed E-state index contributed by atoms with van der Waals surface area (Å²) in [6.07, 6.45) is 3.89. The maximum atomic E-state index is 12.0. The Hall–Kier alpha value is -2.68. The smallest absolute Gasteiger partial charge is 0.329 e. The summed E-state index contributed by atoms with van der Waals surface area (Å²) in [5, 5.41) is 15.1. The van der Waals surface area contributed by atoms with Crippen LogP contribution in [-0.2, 0) is 9.36 Å². The van der Waals surface area contributed by atoms with Gasteiger partial charge < -0.3 is 25.9 Å². The third kappa shape index (κ3) is 10.8. The average molecular weight is 439 g/mol. The normalized spacial score (nSPS) is 12.7. The van der Waals surface area contributed by atoms with Gasteiger partial charge in [0.05, 0.1) is 6.16 Å². The molecule has 1 amide bonds. The Balaban J connectivity index is 2.34. The zero-order chi connectivity index (χ0) is 22.6.